The maximum absolute atomic E-state index is 11.9. The zero-order valence-corrected chi connectivity index (χ0v) is 20.6. The van der Waals surface area contributed by atoms with E-state index in [0.717, 1.165) is 43.0 Å². The Hall–Kier alpha value is -3.95. The van der Waals surface area contributed by atoms with Gasteiger partial charge >= 0.3 is 0 Å². The Bertz CT molecular complexity index is 1440. The molecule has 0 saturated carbocycles. The van der Waals surface area contributed by atoms with Crippen molar-refractivity contribution in [1.29, 1.82) is 0 Å². The summed E-state index contributed by atoms with van der Waals surface area (Å²) in [6.07, 6.45) is 1.56. The van der Waals surface area contributed by atoms with Gasteiger partial charge in [-0.1, -0.05) is 36.4 Å². The number of likely N-dealkylation sites (N-methyl/N-ethyl adjacent to an activating group) is 1. The molecule has 0 spiro atoms. The number of aromatic amines is 1. The Morgan fingerprint density at radius 1 is 1.19 bits per heavy atom. The van der Waals surface area contributed by atoms with Crippen LogP contribution in [0.15, 0.2) is 55.1 Å². The molecule has 2 aromatic heterocycles. The Balaban J connectivity index is 1.47. The van der Waals surface area contributed by atoms with Gasteiger partial charge in [0, 0.05) is 49.9 Å². The number of phenolic OH excluding ortho intramolecular Hbond substituents is 1. The molecule has 1 aliphatic heterocycles. The molecule has 0 atom stereocenters. The van der Waals surface area contributed by atoms with Crippen LogP contribution in [0.2, 0.25) is 5.15 Å². The Morgan fingerprint density at radius 3 is 2.75 bits per heavy atom. The monoisotopic (exact) mass is 503 g/mol. The van der Waals surface area contributed by atoms with Gasteiger partial charge in [0.15, 0.2) is 11.4 Å². The number of ketones is 1. The maximum Gasteiger partial charge on any atom is 0.229 e. The van der Waals surface area contributed by atoms with E-state index >= 15 is 0 Å². The lowest BCUT2D eigenvalue weighted by atomic mass is 10.0. The number of hydrogen-bond acceptors (Lipinski definition) is 8. The second kappa shape index (κ2) is 9.96. The molecule has 10 heteroatoms. The van der Waals surface area contributed by atoms with Crippen LogP contribution >= 0.6 is 11.6 Å². The van der Waals surface area contributed by atoms with Crippen LogP contribution < -0.4 is 10.2 Å². The predicted molar refractivity (Wildman–Crippen MR) is 142 cm³/mol. The molecule has 36 heavy (non-hydrogen) atoms. The molecule has 184 valence electrons. The van der Waals surface area contributed by atoms with E-state index in [9.17, 15) is 9.90 Å². The summed E-state index contributed by atoms with van der Waals surface area (Å²) in [7, 11) is 2.10. The molecule has 0 radical (unpaired) electrons. The van der Waals surface area contributed by atoms with E-state index in [0.29, 0.717) is 33.5 Å². The highest BCUT2D eigenvalue weighted by molar-refractivity contribution is 6.35. The highest BCUT2D eigenvalue weighted by Gasteiger charge is 2.19. The van der Waals surface area contributed by atoms with Crippen LogP contribution in [0.25, 0.3) is 22.3 Å². The van der Waals surface area contributed by atoms with E-state index in [2.05, 4.69) is 43.9 Å². The molecule has 3 N–H and O–H groups in total. The summed E-state index contributed by atoms with van der Waals surface area (Å²) in [5, 5.41) is 21.8. The van der Waals surface area contributed by atoms with Crippen molar-refractivity contribution in [3.8, 4) is 17.0 Å². The minimum Gasteiger partial charge on any atom is -0.506 e. The van der Waals surface area contributed by atoms with E-state index in [1.54, 1.807) is 6.07 Å². The molecule has 3 heterocycles. The Morgan fingerprint density at radius 2 is 2.00 bits per heavy atom. The van der Waals surface area contributed by atoms with Crippen LogP contribution in [0.4, 0.5) is 17.3 Å². The van der Waals surface area contributed by atoms with E-state index in [1.807, 2.05) is 36.4 Å². The fraction of sp³-hybridized carbons (Fsp3) is 0.231. The van der Waals surface area contributed by atoms with Crippen molar-refractivity contribution in [3.05, 3.63) is 65.8 Å². The lowest BCUT2D eigenvalue weighted by Crippen LogP contribution is -2.44. The number of halogens is 1. The van der Waals surface area contributed by atoms with Gasteiger partial charge in [0.05, 0.1) is 16.8 Å². The van der Waals surface area contributed by atoms with Gasteiger partial charge in [-0.15, -0.1) is 0 Å². The number of fused-ring (bicyclic) bond motifs is 1. The molecule has 1 fully saturated rings. The molecule has 0 amide bonds. The number of aromatic nitrogens is 4. The van der Waals surface area contributed by atoms with Crippen molar-refractivity contribution in [3.63, 3.8) is 0 Å². The van der Waals surface area contributed by atoms with Gasteiger partial charge in [-0.3, -0.25) is 9.89 Å². The number of aromatic hydroxyl groups is 1. The largest absolute Gasteiger partial charge is 0.506 e. The van der Waals surface area contributed by atoms with Crippen LogP contribution in [0.1, 0.15) is 5.56 Å². The quantitative estimate of drug-likeness (QED) is 0.322. The number of anilines is 3. The number of rotatable bonds is 7. The van der Waals surface area contributed by atoms with Crippen LogP contribution in [-0.2, 0) is 11.2 Å². The summed E-state index contributed by atoms with van der Waals surface area (Å²) >= 11 is 6.38. The third-order valence-electron chi connectivity index (χ3n) is 6.25. The number of phenols is 1. The Kier molecular flexibility index (Phi) is 6.58. The SMILES string of the molecule is C=CC(=O)Cc1cccc(-c2nc(Nc3ccc(N4CCN(C)CC4)c(O)c3)nc3n[nH]c(Cl)c23)c1. The van der Waals surface area contributed by atoms with Crippen molar-refractivity contribution < 1.29 is 9.90 Å². The molecule has 1 aliphatic rings. The highest BCUT2D eigenvalue weighted by Crippen LogP contribution is 2.34. The fourth-order valence-corrected chi connectivity index (χ4v) is 4.52. The molecule has 0 unspecified atom stereocenters. The first-order chi connectivity index (χ1) is 17.4. The highest BCUT2D eigenvalue weighted by atomic mass is 35.5. The molecule has 4 aromatic rings. The van der Waals surface area contributed by atoms with Gasteiger partial charge in [-0.25, -0.2) is 4.98 Å². The average Bonchev–Trinajstić information content (AvgIpc) is 3.25. The number of benzene rings is 2. The molecule has 0 aliphatic carbocycles. The molecule has 1 saturated heterocycles. The normalized spacial score (nSPS) is 14.2. The number of piperazine rings is 1. The summed E-state index contributed by atoms with van der Waals surface area (Å²) in [5.41, 5.74) is 4.03. The molecular formula is C26H26ClN7O2. The summed E-state index contributed by atoms with van der Waals surface area (Å²) in [4.78, 5) is 25.5. The first-order valence-electron chi connectivity index (χ1n) is 11.6. The van der Waals surface area contributed by atoms with Gasteiger partial charge in [-0.2, -0.15) is 10.1 Å². The van der Waals surface area contributed by atoms with Gasteiger partial charge < -0.3 is 20.2 Å². The van der Waals surface area contributed by atoms with Gasteiger partial charge in [0.2, 0.25) is 5.95 Å². The summed E-state index contributed by atoms with van der Waals surface area (Å²) < 4.78 is 0. The predicted octanol–water partition coefficient (Wildman–Crippen LogP) is 4.17. The number of carbonyl (C=O) groups is 1. The minimum absolute atomic E-state index is 0.0662. The van der Waals surface area contributed by atoms with Gasteiger partial charge in [0.25, 0.3) is 0 Å². The number of nitrogens with one attached hydrogen (secondary N) is 2. The second-order valence-corrected chi connectivity index (χ2v) is 9.18. The topological polar surface area (TPSA) is 110 Å². The maximum atomic E-state index is 11.9. The summed E-state index contributed by atoms with van der Waals surface area (Å²) in [6.45, 7) is 7.16. The van der Waals surface area contributed by atoms with Crippen molar-refractivity contribution in [2.45, 2.75) is 6.42 Å². The van der Waals surface area contributed by atoms with Crippen LogP contribution in [0.5, 0.6) is 5.75 Å². The third-order valence-corrected chi connectivity index (χ3v) is 6.52. The third kappa shape index (κ3) is 4.89. The smallest absolute Gasteiger partial charge is 0.229 e. The summed E-state index contributed by atoms with van der Waals surface area (Å²) in [5.74, 6) is 0.428. The van der Waals surface area contributed by atoms with Gasteiger partial charge in [-0.05, 0) is 36.9 Å². The fourth-order valence-electron chi connectivity index (χ4n) is 4.30. The van der Waals surface area contributed by atoms with Crippen LogP contribution in [0.3, 0.4) is 0 Å². The zero-order valence-electron chi connectivity index (χ0n) is 19.8. The van der Waals surface area contributed by atoms with E-state index < -0.39 is 0 Å². The number of allylic oxidation sites excluding steroid dienone is 1. The molecule has 2 aromatic carbocycles. The van der Waals surface area contributed by atoms with Crippen LogP contribution in [-0.4, -0.2) is 69.2 Å². The van der Waals surface area contributed by atoms with E-state index in [-0.39, 0.29) is 18.0 Å². The van der Waals surface area contributed by atoms with Gasteiger partial charge in [0.1, 0.15) is 10.9 Å². The molecule has 9 nitrogen and oxygen atoms in total. The first kappa shape index (κ1) is 23.8. The number of nitrogens with zero attached hydrogens (tertiary/aromatic N) is 5. The summed E-state index contributed by atoms with van der Waals surface area (Å²) in [6, 6.07) is 13.0. The lowest BCUT2D eigenvalue weighted by Gasteiger charge is -2.34. The molecule has 0 bridgehead atoms. The molecule has 5 rings (SSSR count). The van der Waals surface area contributed by atoms with Crippen molar-refractivity contribution >= 4 is 45.7 Å². The first-order valence-corrected chi connectivity index (χ1v) is 12.0. The van der Waals surface area contributed by atoms with E-state index in [1.165, 1.54) is 6.08 Å². The van der Waals surface area contributed by atoms with Crippen molar-refractivity contribution in [2.75, 3.05) is 43.4 Å². The number of hydrogen-bond donors (Lipinski definition) is 3. The lowest BCUT2D eigenvalue weighted by molar-refractivity contribution is -0.114. The van der Waals surface area contributed by atoms with Crippen molar-refractivity contribution in [2.24, 2.45) is 0 Å². The zero-order chi connectivity index (χ0) is 25.2. The Labute approximate surface area is 213 Å². The second-order valence-electron chi connectivity index (χ2n) is 8.80. The van der Waals surface area contributed by atoms with E-state index in [4.69, 9.17) is 16.6 Å². The number of carbonyl (C=O) groups excluding carboxylic acids is 1. The standard InChI is InChI=1S/C26H26ClN7O2/c1-3-19(35)14-16-5-4-6-17(13-16)23-22-24(27)31-32-25(22)30-26(29-23)28-18-7-8-20(21(36)15-18)34-11-9-33(2)10-12-34/h3-8,13,15,36H,1,9-12,14H2,2H3,(H2,28,29,30,31,32). The molecular weight excluding hydrogens is 478 g/mol. The van der Waals surface area contributed by atoms with Crippen LogP contribution in [0, 0.1) is 0 Å². The average molecular weight is 504 g/mol. The van der Waals surface area contributed by atoms with Crippen molar-refractivity contribution in [1.82, 2.24) is 25.1 Å². The number of H-pyrrole nitrogens is 1. The minimum atomic E-state index is -0.0662.